The Bertz CT molecular complexity index is 1070. The van der Waals surface area contributed by atoms with Crippen molar-refractivity contribution >= 4 is 40.5 Å². The number of para-hydroxylation sites is 1. The minimum Gasteiger partial charge on any atom is -0.305 e. The molecule has 7 heteroatoms. The van der Waals surface area contributed by atoms with E-state index in [9.17, 15) is 4.79 Å². The number of hydrogen-bond acceptors (Lipinski definition) is 5. The molecule has 0 saturated carbocycles. The first-order chi connectivity index (χ1) is 13.0. The highest BCUT2D eigenvalue weighted by atomic mass is 35.5. The maximum Gasteiger partial charge on any atom is 0.191 e. The molecule has 3 aromatic rings. The number of aryl methyl sites for hydroxylation is 1. The van der Waals surface area contributed by atoms with Crippen molar-refractivity contribution in [2.45, 2.75) is 18.5 Å². The zero-order valence-electron chi connectivity index (χ0n) is 14.9. The molecule has 0 fully saturated rings. The molecular formula is C20H17ClN4OS. The summed E-state index contributed by atoms with van der Waals surface area (Å²) in [5, 5.41) is 9.90. The van der Waals surface area contributed by atoms with E-state index in [1.165, 1.54) is 17.3 Å². The molecular weight excluding hydrogens is 380 g/mol. The third-order valence-corrected chi connectivity index (χ3v) is 5.80. The van der Waals surface area contributed by atoms with Crippen molar-refractivity contribution in [2.24, 2.45) is 12.0 Å². The number of fused-ring (bicyclic) bond motifs is 1. The van der Waals surface area contributed by atoms with Crippen molar-refractivity contribution in [1.29, 1.82) is 0 Å². The van der Waals surface area contributed by atoms with Crippen molar-refractivity contribution in [1.82, 2.24) is 14.8 Å². The Morgan fingerprint density at radius 2 is 2.00 bits per heavy atom. The molecule has 0 unspecified atom stereocenters. The number of aliphatic imine (C=N–C) groups is 1. The Balaban J connectivity index is 1.55. The highest BCUT2D eigenvalue weighted by Gasteiger charge is 2.22. The van der Waals surface area contributed by atoms with Crippen LogP contribution in [-0.2, 0) is 7.05 Å². The first-order valence-corrected chi connectivity index (χ1v) is 9.86. The lowest BCUT2D eigenvalue weighted by Gasteiger charge is -2.15. The van der Waals surface area contributed by atoms with Gasteiger partial charge >= 0.3 is 0 Å². The van der Waals surface area contributed by atoms with Gasteiger partial charge in [0.1, 0.15) is 0 Å². The maximum atomic E-state index is 12.4. The number of hydrogen-bond donors (Lipinski definition) is 0. The lowest BCUT2D eigenvalue weighted by atomic mass is 10.0. The monoisotopic (exact) mass is 396 g/mol. The summed E-state index contributed by atoms with van der Waals surface area (Å²) in [6, 6.07) is 13.5. The van der Waals surface area contributed by atoms with Crippen molar-refractivity contribution in [3.8, 4) is 11.4 Å². The number of carbonyl (C=O) groups excluding carboxylic acids is 1. The molecule has 0 N–H and O–H groups in total. The van der Waals surface area contributed by atoms with E-state index in [0.717, 1.165) is 22.3 Å². The Morgan fingerprint density at radius 1 is 1.19 bits per heavy atom. The van der Waals surface area contributed by atoms with E-state index >= 15 is 0 Å². The molecule has 27 heavy (non-hydrogen) atoms. The number of thioether (sulfide) groups is 1. The van der Waals surface area contributed by atoms with E-state index in [2.05, 4.69) is 34.2 Å². The minimum absolute atomic E-state index is 0.0523. The summed E-state index contributed by atoms with van der Waals surface area (Å²) in [5.41, 5.74) is 4.17. The molecule has 0 aliphatic carbocycles. The number of Topliss-reactive ketones (excluding diaryl/α,β-unsaturated/α-hetero) is 1. The summed E-state index contributed by atoms with van der Waals surface area (Å²) < 4.78 is 1.96. The average molecular weight is 397 g/mol. The quantitative estimate of drug-likeness (QED) is 0.589. The topological polar surface area (TPSA) is 60.1 Å². The van der Waals surface area contributed by atoms with Crippen molar-refractivity contribution < 1.29 is 4.79 Å². The Morgan fingerprint density at radius 3 is 2.81 bits per heavy atom. The third kappa shape index (κ3) is 3.55. The maximum absolute atomic E-state index is 12.4. The van der Waals surface area contributed by atoms with E-state index in [1.54, 1.807) is 18.2 Å². The van der Waals surface area contributed by atoms with E-state index in [0.29, 0.717) is 28.4 Å². The molecule has 0 atom stereocenters. The third-order valence-electron chi connectivity index (χ3n) is 4.40. The fourth-order valence-electron chi connectivity index (χ4n) is 3.04. The largest absolute Gasteiger partial charge is 0.305 e. The molecule has 0 amide bonds. The molecule has 1 aromatic heterocycles. The summed E-state index contributed by atoms with van der Waals surface area (Å²) in [5.74, 6) is 1.43. The van der Waals surface area contributed by atoms with Gasteiger partial charge in [-0.3, -0.25) is 9.79 Å². The van der Waals surface area contributed by atoms with Crippen LogP contribution in [-0.4, -0.2) is 32.0 Å². The van der Waals surface area contributed by atoms with Crippen LogP contribution in [0.25, 0.3) is 11.4 Å². The summed E-state index contributed by atoms with van der Waals surface area (Å²) >= 11 is 7.73. The molecule has 1 aliphatic heterocycles. The van der Waals surface area contributed by atoms with Gasteiger partial charge < -0.3 is 4.57 Å². The minimum atomic E-state index is 0.0523. The second kappa shape index (κ2) is 7.29. The van der Waals surface area contributed by atoms with E-state index in [4.69, 9.17) is 11.6 Å². The molecule has 136 valence electrons. The van der Waals surface area contributed by atoms with Gasteiger partial charge in [-0.25, -0.2) is 0 Å². The second-order valence-corrected chi connectivity index (χ2v) is 7.79. The van der Waals surface area contributed by atoms with Gasteiger partial charge in [-0.2, -0.15) is 0 Å². The van der Waals surface area contributed by atoms with Gasteiger partial charge in [0.25, 0.3) is 0 Å². The normalized spacial score (nSPS) is 13.4. The smallest absolute Gasteiger partial charge is 0.191 e. The van der Waals surface area contributed by atoms with Crippen LogP contribution in [0, 0.1) is 6.92 Å². The number of rotatable bonds is 4. The van der Waals surface area contributed by atoms with Crippen molar-refractivity contribution in [3.63, 3.8) is 0 Å². The zero-order valence-corrected chi connectivity index (χ0v) is 16.5. The van der Waals surface area contributed by atoms with E-state index in [1.807, 2.05) is 23.7 Å². The van der Waals surface area contributed by atoms with Crippen LogP contribution < -0.4 is 0 Å². The Hall–Kier alpha value is -2.44. The standard InChI is InChI=1S/C20H17ClN4OS/c1-12-5-3-6-13(9-12)19-23-24-20(25(19)2)27-11-14-10-17(26)15-7-4-8-16(21)18(15)22-14/h3-9H,10-11H2,1-2H3. The van der Waals surface area contributed by atoms with Crippen molar-refractivity contribution in [3.05, 3.63) is 58.6 Å². The summed E-state index contributed by atoms with van der Waals surface area (Å²) in [6.07, 6.45) is 0.308. The van der Waals surface area contributed by atoms with Gasteiger partial charge in [-0.1, -0.05) is 53.2 Å². The van der Waals surface area contributed by atoms with E-state index in [-0.39, 0.29) is 5.78 Å². The zero-order chi connectivity index (χ0) is 19.0. The van der Waals surface area contributed by atoms with Crippen LogP contribution >= 0.6 is 23.4 Å². The highest BCUT2D eigenvalue weighted by molar-refractivity contribution is 7.99. The average Bonchev–Trinajstić information content (AvgIpc) is 3.01. The number of ketones is 1. The van der Waals surface area contributed by atoms with Crippen LogP contribution in [0.1, 0.15) is 22.3 Å². The summed E-state index contributed by atoms with van der Waals surface area (Å²) in [7, 11) is 1.94. The molecule has 2 aromatic carbocycles. The molecule has 2 heterocycles. The fourth-order valence-corrected chi connectivity index (χ4v) is 4.10. The molecule has 0 bridgehead atoms. The van der Waals surface area contributed by atoms with Crippen LogP contribution in [0.15, 0.2) is 52.6 Å². The molecule has 0 spiro atoms. The lowest BCUT2D eigenvalue weighted by molar-refractivity contribution is 0.0999. The number of nitrogens with zero attached hydrogens (tertiary/aromatic N) is 4. The first-order valence-electron chi connectivity index (χ1n) is 8.50. The van der Waals surface area contributed by atoms with Gasteiger partial charge in [0.15, 0.2) is 16.8 Å². The van der Waals surface area contributed by atoms with E-state index < -0.39 is 0 Å². The van der Waals surface area contributed by atoms with Gasteiger partial charge in [-0.15, -0.1) is 10.2 Å². The lowest BCUT2D eigenvalue weighted by Crippen LogP contribution is -2.15. The molecule has 5 nitrogen and oxygen atoms in total. The first kappa shape index (κ1) is 17.9. The van der Waals surface area contributed by atoms with Crippen LogP contribution in [0.4, 0.5) is 5.69 Å². The molecule has 0 saturated heterocycles. The predicted molar refractivity (Wildman–Crippen MR) is 109 cm³/mol. The van der Waals surface area contributed by atoms with Crippen LogP contribution in [0.5, 0.6) is 0 Å². The van der Waals surface area contributed by atoms with Crippen molar-refractivity contribution in [2.75, 3.05) is 5.75 Å². The number of benzene rings is 2. The highest BCUT2D eigenvalue weighted by Crippen LogP contribution is 2.34. The number of aromatic nitrogens is 3. The molecule has 1 aliphatic rings. The number of halogens is 1. The van der Waals surface area contributed by atoms with Gasteiger partial charge in [0, 0.05) is 29.6 Å². The Labute approximate surface area is 166 Å². The summed E-state index contributed by atoms with van der Waals surface area (Å²) in [4.78, 5) is 17.0. The molecule has 0 radical (unpaired) electrons. The van der Waals surface area contributed by atoms with Gasteiger partial charge in [0.2, 0.25) is 0 Å². The van der Waals surface area contributed by atoms with Crippen LogP contribution in [0.2, 0.25) is 5.02 Å². The second-order valence-electron chi connectivity index (χ2n) is 6.44. The van der Waals surface area contributed by atoms with Gasteiger partial charge in [0.05, 0.1) is 17.1 Å². The van der Waals surface area contributed by atoms with Crippen LogP contribution in [0.3, 0.4) is 0 Å². The summed E-state index contributed by atoms with van der Waals surface area (Å²) in [6.45, 7) is 2.05. The molecule has 4 rings (SSSR count). The SMILES string of the molecule is Cc1cccc(-c2nnc(SCC3=Nc4c(Cl)cccc4C(=O)C3)n2C)c1. The predicted octanol–water partition coefficient (Wildman–Crippen LogP) is 4.90. The number of carbonyl (C=O) groups is 1. The Kier molecular flexibility index (Phi) is 4.85. The fraction of sp³-hybridized carbons (Fsp3) is 0.200. The van der Waals surface area contributed by atoms with Gasteiger partial charge in [-0.05, 0) is 25.1 Å².